The number of nitrogens with one attached hydrogen (secondary N) is 2. The summed E-state index contributed by atoms with van der Waals surface area (Å²) in [6.07, 6.45) is 4.39. The second-order valence-electron chi connectivity index (χ2n) is 8.59. The number of hydrogen-bond donors (Lipinski definition) is 2. The maximum atomic E-state index is 13.1. The smallest absolute Gasteiger partial charge is 0.258 e. The molecule has 0 saturated carbocycles. The molecule has 1 aromatic heterocycles. The van der Waals surface area contributed by atoms with Crippen LogP contribution in [0.1, 0.15) is 52.2 Å². The van der Waals surface area contributed by atoms with E-state index >= 15 is 0 Å². The molecule has 8 heteroatoms. The Morgan fingerprint density at radius 3 is 2.44 bits per heavy atom. The zero-order chi connectivity index (χ0) is 24.8. The molecule has 0 radical (unpaired) electrons. The number of hydrogen-bond acceptors (Lipinski definition) is 6. The van der Waals surface area contributed by atoms with Gasteiger partial charge in [0.15, 0.2) is 12.4 Å². The third-order valence-electron chi connectivity index (χ3n) is 5.09. The van der Waals surface area contributed by atoms with Crippen LogP contribution in [0.5, 0.6) is 5.75 Å². The summed E-state index contributed by atoms with van der Waals surface area (Å²) < 4.78 is 10.8. The van der Waals surface area contributed by atoms with E-state index < -0.39 is 12.1 Å². The minimum atomic E-state index is -0.737. The molecule has 7 nitrogen and oxygen atoms in total. The Kier molecular flexibility index (Phi) is 12.3. The van der Waals surface area contributed by atoms with Crippen molar-refractivity contribution >= 4 is 29.4 Å². The van der Waals surface area contributed by atoms with E-state index in [1.54, 1.807) is 18.4 Å². The van der Waals surface area contributed by atoms with Crippen LogP contribution in [0.3, 0.4) is 0 Å². The van der Waals surface area contributed by atoms with Crippen molar-refractivity contribution in [1.29, 1.82) is 0 Å². The molecule has 1 heterocycles. The Balaban J connectivity index is 1.93. The summed E-state index contributed by atoms with van der Waals surface area (Å²) in [6.45, 7) is 5.83. The number of ether oxygens (including phenoxy) is 1. The lowest BCUT2D eigenvalue weighted by molar-refractivity contribution is -0.132. The Labute approximate surface area is 206 Å². The molecular formula is C26H36N2O5S. The molecule has 2 amide bonds. The van der Waals surface area contributed by atoms with Crippen LogP contribution in [-0.2, 0) is 20.1 Å². The topological polar surface area (TPSA) is 97.6 Å². The molecule has 0 fully saturated rings. The number of amides is 2. The van der Waals surface area contributed by atoms with Gasteiger partial charge >= 0.3 is 0 Å². The fraction of sp³-hybridized carbons (Fsp3) is 0.500. The molecule has 0 aliphatic carbocycles. The molecule has 0 spiro atoms. The normalized spacial score (nSPS) is 12.7. The summed E-state index contributed by atoms with van der Waals surface area (Å²) in [7, 11) is 0. The summed E-state index contributed by atoms with van der Waals surface area (Å²) in [5, 5.41) is 5.67. The first-order valence-electron chi connectivity index (χ1n) is 11.8. The molecule has 2 N–H and O–H groups in total. The average molecular weight is 489 g/mol. The molecule has 0 saturated heterocycles. The molecule has 186 valence electrons. The number of rotatable bonds is 16. The van der Waals surface area contributed by atoms with Gasteiger partial charge in [0.2, 0.25) is 5.91 Å². The van der Waals surface area contributed by atoms with Gasteiger partial charge in [-0.25, -0.2) is 0 Å². The third kappa shape index (κ3) is 10.5. The van der Waals surface area contributed by atoms with E-state index in [4.69, 9.17) is 9.15 Å². The van der Waals surface area contributed by atoms with Crippen LogP contribution in [-0.4, -0.2) is 42.0 Å². The van der Waals surface area contributed by atoms with Crippen LogP contribution < -0.4 is 15.4 Å². The lowest BCUT2D eigenvalue weighted by Gasteiger charge is -2.24. The van der Waals surface area contributed by atoms with Crippen molar-refractivity contribution in [3.8, 4) is 5.75 Å². The van der Waals surface area contributed by atoms with E-state index in [2.05, 4.69) is 10.6 Å². The summed E-state index contributed by atoms with van der Waals surface area (Å²) in [5.41, 5.74) is 0. The highest BCUT2D eigenvalue weighted by Crippen LogP contribution is 2.15. The quantitative estimate of drug-likeness (QED) is 0.364. The van der Waals surface area contributed by atoms with E-state index in [0.717, 1.165) is 18.6 Å². The summed E-state index contributed by atoms with van der Waals surface area (Å²) in [6, 6.07) is 11.4. The Morgan fingerprint density at radius 2 is 1.79 bits per heavy atom. The number of thioether (sulfide) groups is 1. The molecule has 2 rings (SSSR count). The van der Waals surface area contributed by atoms with E-state index in [1.165, 1.54) is 11.8 Å². The van der Waals surface area contributed by atoms with Gasteiger partial charge in [-0.1, -0.05) is 51.8 Å². The summed E-state index contributed by atoms with van der Waals surface area (Å²) >= 11 is 1.46. The number of unbranched alkanes of at least 4 members (excludes halogenated alkanes) is 1. The van der Waals surface area contributed by atoms with Crippen molar-refractivity contribution in [2.24, 2.45) is 5.92 Å². The van der Waals surface area contributed by atoms with E-state index in [9.17, 15) is 14.4 Å². The van der Waals surface area contributed by atoms with Gasteiger partial charge in [-0.2, -0.15) is 0 Å². The second-order valence-corrected chi connectivity index (χ2v) is 9.58. The zero-order valence-corrected chi connectivity index (χ0v) is 21.1. The molecule has 2 aromatic rings. The third-order valence-corrected chi connectivity index (χ3v) is 6.07. The van der Waals surface area contributed by atoms with Crippen molar-refractivity contribution in [3.05, 3.63) is 54.5 Å². The summed E-state index contributed by atoms with van der Waals surface area (Å²) in [4.78, 5) is 38.4. The highest BCUT2D eigenvalue weighted by molar-refractivity contribution is 7.99. The number of Topliss-reactive ketones (excluding diaryl/α,β-unsaturated/α-hetero) is 1. The van der Waals surface area contributed by atoms with Crippen LogP contribution in [0, 0.1) is 5.92 Å². The SMILES string of the molecule is CCCC[C@H](NC(=O)[C@H](CC(C)C)NC(=O)COc1ccccc1)C(=O)CSCc1ccco1. The predicted octanol–water partition coefficient (Wildman–Crippen LogP) is 4.37. The Morgan fingerprint density at radius 1 is 1.03 bits per heavy atom. The lowest BCUT2D eigenvalue weighted by atomic mass is 10.0. The van der Waals surface area contributed by atoms with E-state index in [-0.39, 0.29) is 35.9 Å². The summed E-state index contributed by atoms with van der Waals surface area (Å²) in [5.74, 6) is 1.70. The van der Waals surface area contributed by atoms with Gasteiger partial charge < -0.3 is 19.8 Å². The van der Waals surface area contributed by atoms with E-state index in [1.807, 2.05) is 51.1 Å². The van der Waals surface area contributed by atoms with Crippen LogP contribution >= 0.6 is 11.8 Å². The molecule has 0 bridgehead atoms. The van der Waals surface area contributed by atoms with Gasteiger partial charge in [-0.05, 0) is 43.0 Å². The van der Waals surface area contributed by atoms with Crippen molar-refractivity contribution < 1.29 is 23.5 Å². The molecular weight excluding hydrogens is 452 g/mol. The van der Waals surface area contributed by atoms with Crippen LogP contribution in [0.25, 0.3) is 0 Å². The molecule has 1 aromatic carbocycles. The van der Waals surface area contributed by atoms with Gasteiger partial charge in [-0.15, -0.1) is 11.8 Å². The maximum Gasteiger partial charge on any atom is 0.258 e. The van der Waals surface area contributed by atoms with Gasteiger partial charge in [0.1, 0.15) is 17.6 Å². The Hall–Kier alpha value is -2.74. The number of carbonyl (C=O) groups is 3. The maximum absolute atomic E-state index is 13.1. The second kappa shape index (κ2) is 15.2. The monoisotopic (exact) mass is 488 g/mol. The van der Waals surface area contributed by atoms with Crippen molar-refractivity contribution in [2.45, 2.75) is 64.3 Å². The number of ketones is 1. The number of para-hydroxylation sites is 1. The van der Waals surface area contributed by atoms with Gasteiger partial charge in [0.05, 0.1) is 23.8 Å². The van der Waals surface area contributed by atoms with Gasteiger partial charge in [-0.3, -0.25) is 14.4 Å². The fourth-order valence-corrected chi connectivity index (χ4v) is 4.22. The van der Waals surface area contributed by atoms with Gasteiger partial charge in [0, 0.05) is 0 Å². The fourth-order valence-electron chi connectivity index (χ4n) is 3.35. The highest BCUT2D eigenvalue weighted by Gasteiger charge is 2.27. The average Bonchev–Trinajstić information content (AvgIpc) is 3.33. The van der Waals surface area contributed by atoms with Crippen LogP contribution in [0.2, 0.25) is 0 Å². The standard InChI is InChI=1S/C26H36N2O5S/c1-4-5-13-22(24(29)18-34-17-21-12-9-14-32-21)28-26(31)23(15-19(2)3)27-25(30)16-33-20-10-7-6-8-11-20/h6-12,14,19,22-23H,4-5,13,15-18H2,1-3H3,(H,27,30)(H,28,31)/t22-,23-/m0/s1. The van der Waals surface area contributed by atoms with E-state index in [0.29, 0.717) is 24.3 Å². The minimum Gasteiger partial charge on any atom is -0.484 e. The molecule has 0 aliphatic rings. The first kappa shape index (κ1) is 27.5. The minimum absolute atomic E-state index is 0.0274. The van der Waals surface area contributed by atoms with Crippen LogP contribution in [0.15, 0.2) is 53.1 Å². The van der Waals surface area contributed by atoms with Gasteiger partial charge in [0.25, 0.3) is 5.91 Å². The van der Waals surface area contributed by atoms with Crippen molar-refractivity contribution in [3.63, 3.8) is 0 Å². The molecule has 2 atom stereocenters. The van der Waals surface area contributed by atoms with Crippen LogP contribution in [0.4, 0.5) is 0 Å². The molecule has 34 heavy (non-hydrogen) atoms. The van der Waals surface area contributed by atoms with Crippen molar-refractivity contribution in [2.75, 3.05) is 12.4 Å². The predicted molar refractivity (Wildman–Crippen MR) is 135 cm³/mol. The molecule has 0 unspecified atom stereocenters. The largest absolute Gasteiger partial charge is 0.484 e. The number of carbonyl (C=O) groups excluding carboxylic acids is 3. The lowest BCUT2D eigenvalue weighted by Crippen LogP contribution is -2.53. The first-order valence-corrected chi connectivity index (χ1v) is 12.9. The highest BCUT2D eigenvalue weighted by atomic mass is 32.2. The zero-order valence-electron chi connectivity index (χ0n) is 20.3. The number of benzene rings is 1. The molecule has 0 aliphatic heterocycles. The number of furan rings is 1. The first-order chi connectivity index (χ1) is 16.4. The Bertz CT molecular complexity index is 871. The van der Waals surface area contributed by atoms with Crippen molar-refractivity contribution in [1.82, 2.24) is 10.6 Å².